The molecule has 0 unspecified atom stereocenters. The summed E-state index contributed by atoms with van der Waals surface area (Å²) in [4.78, 5) is 22.0. The van der Waals surface area contributed by atoms with Crippen LogP contribution in [-0.2, 0) is 6.42 Å². The number of Topliss-reactive ketones (excluding diaryl/α,β-unsaturated/α-hetero) is 1. The van der Waals surface area contributed by atoms with Crippen LogP contribution >= 0.6 is 0 Å². The highest BCUT2D eigenvalue weighted by atomic mass is 16.5. The summed E-state index contributed by atoms with van der Waals surface area (Å²) in [5, 5.41) is 4.50. The van der Waals surface area contributed by atoms with Gasteiger partial charge in [0.2, 0.25) is 0 Å². The molecule has 2 heterocycles. The van der Waals surface area contributed by atoms with Crippen LogP contribution in [0.25, 0.3) is 17.2 Å². The summed E-state index contributed by atoms with van der Waals surface area (Å²) in [6.45, 7) is 0. The molecule has 138 valence electrons. The van der Waals surface area contributed by atoms with Gasteiger partial charge in [0.1, 0.15) is 5.75 Å². The van der Waals surface area contributed by atoms with E-state index in [-0.39, 0.29) is 11.7 Å². The first-order valence-electron chi connectivity index (χ1n) is 9.20. The molecule has 2 aromatic carbocycles. The Morgan fingerprint density at radius 3 is 2.54 bits per heavy atom. The molecule has 0 N–H and O–H groups in total. The third-order valence-corrected chi connectivity index (χ3v) is 5.20. The summed E-state index contributed by atoms with van der Waals surface area (Å²) in [5.74, 6) is 2.13. The number of hydrogen-bond donors (Lipinski definition) is 0. The van der Waals surface area contributed by atoms with Crippen LogP contribution in [0.5, 0.6) is 5.75 Å². The molecule has 5 rings (SSSR count). The van der Waals surface area contributed by atoms with Gasteiger partial charge >= 0.3 is 0 Å². The summed E-state index contributed by atoms with van der Waals surface area (Å²) >= 11 is 0. The molecule has 2 aromatic heterocycles. The van der Waals surface area contributed by atoms with Crippen molar-refractivity contribution < 1.29 is 9.53 Å². The Kier molecular flexibility index (Phi) is 3.90. The lowest BCUT2D eigenvalue weighted by Gasteiger charge is -2.23. The molecule has 0 spiro atoms. The first-order chi connectivity index (χ1) is 13.7. The van der Waals surface area contributed by atoms with Crippen molar-refractivity contribution in [3.63, 3.8) is 0 Å². The van der Waals surface area contributed by atoms with Crippen LogP contribution < -0.4 is 4.74 Å². The molecular weight excluding hydrogens is 352 g/mol. The molecule has 1 aliphatic carbocycles. The van der Waals surface area contributed by atoms with Crippen molar-refractivity contribution in [3.05, 3.63) is 77.6 Å². The van der Waals surface area contributed by atoms with Crippen LogP contribution in [0.3, 0.4) is 0 Å². The first-order valence-corrected chi connectivity index (χ1v) is 9.20. The fourth-order valence-electron chi connectivity index (χ4n) is 3.70. The molecule has 6 heteroatoms. The van der Waals surface area contributed by atoms with Gasteiger partial charge in [-0.25, -0.2) is 9.50 Å². The van der Waals surface area contributed by atoms with Gasteiger partial charge in [0.05, 0.1) is 18.4 Å². The quantitative estimate of drug-likeness (QED) is 0.550. The fourth-order valence-corrected chi connectivity index (χ4v) is 3.70. The zero-order valence-electron chi connectivity index (χ0n) is 15.4. The highest BCUT2D eigenvalue weighted by Gasteiger charge is 2.28. The largest absolute Gasteiger partial charge is 0.497 e. The average molecular weight is 370 g/mol. The summed E-state index contributed by atoms with van der Waals surface area (Å²) in [5.41, 5.74) is 3.47. The van der Waals surface area contributed by atoms with Gasteiger partial charge in [0.25, 0.3) is 5.78 Å². The van der Waals surface area contributed by atoms with Crippen molar-refractivity contribution in [2.75, 3.05) is 7.11 Å². The number of methoxy groups -OCH3 is 1. The second kappa shape index (κ2) is 6.56. The second-order valence-corrected chi connectivity index (χ2v) is 6.95. The molecule has 0 aliphatic heterocycles. The molecule has 0 amide bonds. The summed E-state index contributed by atoms with van der Waals surface area (Å²) in [6, 6.07) is 17.7. The Balaban J connectivity index is 1.52. The maximum Gasteiger partial charge on any atom is 0.252 e. The SMILES string of the molecule is COc1ccc([C@@H]2CC(=O)c3cn4nc(-c5ccccc5)nc4nc3C2)cc1. The van der Waals surface area contributed by atoms with Gasteiger partial charge in [-0.15, -0.1) is 5.10 Å². The van der Waals surface area contributed by atoms with Gasteiger partial charge in [0.15, 0.2) is 11.6 Å². The monoisotopic (exact) mass is 370 g/mol. The summed E-state index contributed by atoms with van der Waals surface area (Å²) < 4.78 is 6.83. The van der Waals surface area contributed by atoms with Crippen LogP contribution in [0, 0.1) is 0 Å². The highest BCUT2D eigenvalue weighted by molar-refractivity contribution is 5.98. The standard InChI is InChI=1S/C22H18N4O2/c1-28-17-9-7-14(8-10-17)16-11-19-18(20(27)12-16)13-26-22(23-19)24-21(25-26)15-5-3-2-4-6-15/h2-10,13,16H,11-12H2,1H3/t16-/m0/s1. The number of hydrogen-bond acceptors (Lipinski definition) is 5. The molecule has 0 saturated heterocycles. The van der Waals surface area contributed by atoms with Crippen molar-refractivity contribution in [1.29, 1.82) is 0 Å². The Morgan fingerprint density at radius 2 is 1.79 bits per heavy atom. The van der Waals surface area contributed by atoms with Gasteiger partial charge < -0.3 is 4.74 Å². The Morgan fingerprint density at radius 1 is 1.00 bits per heavy atom. The molecule has 0 saturated carbocycles. The molecule has 0 bridgehead atoms. The van der Waals surface area contributed by atoms with E-state index < -0.39 is 0 Å². The number of benzene rings is 2. The fraction of sp³-hybridized carbons (Fsp3) is 0.182. The predicted molar refractivity (Wildman–Crippen MR) is 105 cm³/mol. The van der Waals surface area contributed by atoms with Crippen molar-refractivity contribution in [2.24, 2.45) is 0 Å². The molecule has 28 heavy (non-hydrogen) atoms. The zero-order valence-corrected chi connectivity index (χ0v) is 15.4. The van der Waals surface area contributed by atoms with E-state index in [1.165, 1.54) is 0 Å². The van der Waals surface area contributed by atoms with Crippen LogP contribution in [0.2, 0.25) is 0 Å². The number of aromatic nitrogens is 4. The minimum atomic E-state index is 0.0910. The van der Waals surface area contributed by atoms with E-state index in [0.717, 1.165) is 22.6 Å². The number of carbonyl (C=O) groups excluding carboxylic acids is 1. The Hall–Kier alpha value is -3.54. The van der Waals surface area contributed by atoms with Gasteiger partial charge in [0, 0.05) is 18.2 Å². The molecule has 6 nitrogen and oxygen atoms in total. The number of ketones is 1. The average Bonchev–Trinajstić information content (AvgIpc) is 3.16. The van der Waals surface area contributed by atoms with Crippen LogP contribution in [0.1, 0.15) is 34.0 Å². The third kappa shape index (κ3) is 2.83. The van der Waals surface area contributed by atoms with Gasteiger partial charge in [-0.3, -0.25) is 4.79 Å². The summed E-state index contributed by atoms with van der Waals surface area (Å²) in [6.07, 6.45) is 2.94. The Bertz CT molecular complexity index is 1170. The number of fused-ring (bicyclic) bond motifs is 2. The van der Waals surface area contributed by atoms with Gasteiger partial charge in [-0.2, -0.15) is 4.98 Å². The summed E-state index contributed by atoms with van der Waals surface area (Å²) in [7, 11) is 1.65. The molecule has 4 aromatic rings. The van der Waals surface area contributed by atoms with E-state index in [9.17, 15) is 4.79 Å². The van der Waals surface area contributed by atoms with E-state index in [4.69, 9.17) is 4.74 Å². The van der Waals surface area contributed by atoms with Crippen molar-refractivity contribution in [2.45, 2.75) is 18.8 Å². The number of carbonyl (C=O) groups is 1. The topological polar surface area (TPSA) is 69.4 Å². The number of nitrogens with zero attached hydrogens (tertiary/aromatic N) is 4. The smallest absolute Gasteiger partial charge is 0.252 e. The maximum absolute atomic E-state index is 12.8. The maximum atomic E-state index is 12.8. The lowest BCUT2D eigenvalue weighted by molar-refractivity contribution is 0.0962. The van der Waals surface area contributed by atoms with Crippen molar-refractivity contribution in [1.82, 2.24) is 19.6 Å². The van der Waals surface area contributed by atoms with E-state index >= 15 is 0 Å². The minimum Gasteiger partial charge on any atom is -0.497 e. The highest BCUT2D eigenvalue weighted by Crippen LogP contribution is 2.33. The van der Waals surface area contributed by atoms with Crippen molar-refractivity contribution in [3.8, 4) is 17.1 Å². The molecule has 1 aliphatic rings. The van der Waals surface area contributed by atoms with Gasteiger partial charge in [-0.05, 0) is 30.0 Å². The molecule has 1 atom stereocenters. The normalized spacial score (nSPS) is 16.2. The van der Waals surface area contributed by atoms with Gasteiger partial charge in [-0.1, -0.05) is 42.5 Å². The van der Waals surface area contributed by atoms with Crippen LogP contribution in [0.15, 0.2) is 60.8 Å². The van der Waals surface area contributed by atoms with E-state index in [2.05, 4.69) is 15.1 Å². The first kappa shape index (κ1) is 16.6. The lowest BCUT2D eigenvalue weighted by atomic mass is 9.82. The predicted octanol–water partition coefficient (Wildman–Crippen LogP) is 3.71. The van der Waals surface area contributed by atoms with E-state index in [1.807, 2.05) is 54.6 Å². The molecule has 0 fully saturated rings. The number of ether oxygens (including phenoxy) is 1. The molecule has 0 radical (unpaired) electrons. The number of rotatable bonds is 3. The van der Waals surface area contributed by atoms with Crippen LogP contribution in [-0.4, -0.2) is 32.5 Å². The lowest BCUT2D eigenvalue weighted by Crippen LogP contribution is -2.21. The zero-order chi connectivity index (χ0) is 19.1. The van der Waals surface area contributed by atoms with E-state index in [1.54, 1.807) is 17.8 Å². The van der Waals surface area contributed by atoms with Crippen LogP contribution in [0.4, 0.5) is 0 Å². The Labute approximate surface area is 161 Å². The third-order valence-electron chi connectivity index (χ3n) is 5.20. The minimum absolute atomic E-state index is 0.0910. The molecular formula is C22H18N4O2. The van der Waals surface area contributed by atoms with Crippen molar-refractivity contribution >= 4 is 11.6 Å². The van der Waals surface area contributed by atoms with E-state index in [0.29, 0.717) is 30.0 Å². The second-order valence-electron chi connectivity index (χ2n) is 6.95.